The van der Waals surface area contributed by atoms with Crippen molar-refractivity contribution in [2.75, 3.05) is 6.61 Å². The minimum atomic E-state index is -0.447. The number of hydrogen-bond donors (Lipinski definition) is 1. The summed E-state index contributed by atoms with van der Waals surface area (Å²) in [7, 11) is 0. The van der Waals surface area contributed by atoms with Crippen molar-refractivity contribution in [2.24, 2.45) is 0 Å². The average Bonchev–Trinajstić information content (AvgIpc) is 2.95. The molecular weight excluding hydrogens is 238 g/mol. The first kappa shape index (κ1) is 11.6. The van der Waals surface area contributed by atoms with Gasteiger partial charge in [0.05, 0.1) is 5.69 Å². The van der Waals surface area contributed by atoms with Gasteiger partial charge in [0.1, 0.15) is 4.88 Å². The van der Waals surface area contributed by atoms with Crippen LogP contribution in [-0.4, -0.2) is 23.3 Å². The second-order valence-electron chi connectivity index (χ2n) is 3.52. The predicted octanol–water partition coefficient (Wildman–Crippen LogP) is 2.42. The van der Waals surface area contributed by atoms with E-state index in [1.807, 2.05) is 18.4 Å². The number of carbonyl (C=O) groups excluding carboxylic acids is 2. The van der Waals surface area contributed by atoms with E-state index < -0.39 is 5.97 Å². The molecule has 2 rings (SSSR count). The van der Waals surface area contributed by atoms with E-state index >= 15 is 0 Å². The van der Waals surface area contributed by atoms with Gasteiger partial charge in [-0.2, -0.15) is 0 Å². The van der Waals surface area contributed by atoms with Crippen molar-refractivity contribution in [2.45, 2.75) is 6.92 Å². The first-order chi connectivity index (χ1) is 8.18. The van der Waals surface area contributed by atoms with Gasteiger partial charge >= 0.3 is 5.97 Å². The fourth-order valence-corrected chi connectivity index (χ4v) is 2.18. The zero-order valence-electron chi connectivity index (χ0n) is 9.23. The van der Waals surface area contributed by atoms with Gasteiger partial charge in [-0.05, 0) is 36.1 Å². The van der Waals surface area contributed by atoms with Crippen molar-refractivity contribution in [1.82, 2.24) is 4.98 Å². The van der Waals surface area contributed by atoms with E-state index in [1.54, 1.807) is 18.3 Å². The van der Waals surface area contributed by atoms with E-state index in [0.717, 1.165) is 5.56 Å². The second-order valence-corrected chi connectivity index (χ2v) is 4.43. The van der Waals surface area contributed by atoms with Crippen LogP contribution in [0.1, 0.15) is 25.7 Å². The Kier molecular flexibility index (Phi) is 3.39. The maximum atomic E-state index is 11.6. The maximum Gasteiger partial charge on any atom is 0.349 e. The first-order valence-electron chi connectivity index (χ1n) is 5.06. The van der Waals surface area contributed by atoms with E-state index in [1.165, 1.54) is 11.3 Å². The summed E-state index contributed by atoms with van der Waals surface area (Å²) in [5, 5.41) is 1.82. The lowest BCUT2D eigenvalue weighted by atomic mass is 10.3. The number of nitrogens with one attached hydrogen (secondary N) is 1. The molecule has 0 aliphatic rings. The fraction of sp³-hybridized carbons (Fsp3) is 0.167. The molecule has 5 heteroatoms. The molecule has 0 spiro atoms. The lowest BCUT2D eigenvalue weighted by Gasteiger charge is -2.02. The van der Waals surface area contributed by atoms with E-state index in [0.29, 0.717) is 10.6 Å². The van der Waals surface area contributed by atoms with Crippen LogP contribution in [0.25, 0.3) is 0 Å². The first-order valence-corrected chi connectivity index (χ1v) is 5.94. The van der Waals surface area contributed by atoms with Gasteiger partial charge in [0.15, 0.2) is 6.61 Å². The predicted molar refractivity (Wildman–Crippen MR) is 64.5 cm³/mol. The van der Waals surface area contributed by atoms with Crippen LogP contribution in [0.2, 0.25) is 0 Å². The molecule has 0 aliphatic heterocycles. The number of thiophene rings is 1. The summed E-state index contributed by atoms with van der Waals surface area (Å²) in [5.74, 6) is -0.685. The lowest BCUT2D eigenvalue weighted by molar-refractivity contribution is 0.0478. The number of hydrogen-bond acceptors (Lipinski definition) is 4. The number of ether oxygens (including phenoxy) is 1. The van der Waals surface area contributed by atoms with Crippen molar-refractivity contribution in [1.29, 1.82) is 0 Å². The molecule has 0 aliphatic carbocycles. The Morgan fingerprint density at radius 1 is 1.41 bits per heavy atom. The monoisotopic (exact) mass is 249 g/mol. The van der Waals surface area contributed by atoms with E-state index in [-0.39, 0.29) is 12.4 Å². The van der Waals surface area contributed by atoms with E-state index in [9.17, 15) is 9.59 Å². The molecule has 17 heavy (non-hydrogen) atoms. The van der Waals surface area contributed by atoms with E-state index in [4.69, 9.17) is 4.74 Å². The summed E-state index contributed by atoms with van der Waals surface area (Å²) < 4.78 is 4.95. The lowest BCUT2D eigenvalue weighted by Crippen LogP contribution is -2.14. The highest BCUT2D eigenvalue weighted by molar-refractivity contribution is 7.12. The number of carbonyl (C=O) groups is 2. The SMILES string of the molecule is Cc1ccsc1C(=O)OCC(=O)c1ccc[nH]1. The summed E-state index contributed by atoms with van der Waals surface area (Å²) in [5.41, 5.74) is 1.31. The minimum Gasteiger partial charge on any atom is -0.453 e. The van der Waals surface area contributed by atoms with Crippen LogP contribution in [0.5, 0.6) is 0 Å². The zero-order valence-corrected chi connectivity index (χ0v) is 10.0. The number of aromatic amines is 1. The van der Waals surface area contributed by atoms with Gasteiger partial charge in [-0.15, -0.1) is 11.3 Å². The van der Waals surface area contributed by atoms with Crippen molar-refractivity contribution < 1.29 is 14.3 Å². The van der Waals surface area contributed by atoms with Crippen LogP contribution in [-0.2, 0) is 4.74 Å². The number of H-pyrrole nitrogens is 1. The van der Waals surface area contributed by atoms with Crippen molar-refractivity contribution in [3.05, 3.63) is 45.9 Å². The Balaban J connectivity index is 1.93. The summed E-state index contributed by atoms with van der Waals surface area (Å²) in [6.07, 6.45) is 1.65. The molecule has 2 aromatic heterocycles. The molecule has 2 heterocycles. The summed E-state index contributed by atoms with van der Waals surface area (Å²) in [4.78, 5) is 26.5. The summed E-state index contributed by atoms with van der Waals surface area (Å²) in [6.45, 7) is 1.59. The largest absolute Gasteiger partial charge is 0.453 e. The number of ketones is 1. The number of aryl methyl sites for hydroxylation is 1. The molecular formula is C12H11NO3S. The van der Waals surface area contributed by atoms with E-state index in [2.05, 4.69) is 4.98 Å². The third-order valence-corrected chi connectivity index (χ3v) is 3.28. The van der Waals surface area contributed by atoms with Crippen LogP contribution < -0.4 is 0 Å². The molecule has 0 radical (unpaired) electrons. The average molecular weight is 249 g/mol. The number of rotatable bonds is 4. The van der Waals surface area contributed by atoms with Crippen LogP contribution in [0.3, 0.4) is 0 Å². The minimum absolute atomic E-state index is 0.238. The molecule has 0 bridgehead atoms. The molecule has 88 valence electrons. The standard InChI is InChI=1S/C12H11NO3S/c1-8-4-6-17-11(8)12(15)16-7-10(14)9-3-2-5-13-9/h2-6,13H,7H2,1H3. The third-order valence-electron chi connectivity index (χ3n) is 2.28. The van der Waals surface area contributed by atoms with Gasteiger partial charge in [0.2, 0.25) is 5.78 Å². The molecule has 0 atom stereocenters. The van der Waals surface area contributed by atoms with Crippen molar-refractivity contribution >= 4 is 23.1 Å². The molecule has 0 aromatic carbocycles. The number of Topliss-reactive ketones (excluding diaryl/α,β-unsaturated/α-hetero) is 1. The Hall–Kier alpha value is -1.88. The van der Waals surface area contributed by atoms with Crippen LogP contribution in [0, 0.1) is 6.92 Å². The third kappa shape index (κ3) is 2.62. The topological polar surface area (TPSA) is 59.2 Å². The van der Waals surface area contributed by atoms with Crippen molar-refractivity contribution in [3.63, 3.8) is 0 Å². The number of esters is 1. The van der Waals surface area contributed by atoms with Gasteiger partial charge in [-0.3, -0.25) is 4.79 Å². The van der Waals surface area contributed by atoms with Gasteiger partial charge in [0, 0.05) is 6.20 Å². The summed E-state index contributed by atoms with van der Waals surface area (Å²) >= 11 is 1.31. The second kappa shape index (κ2) is 4.97. The molecule has 1 N–H and O–H groups in total. The van der Waals surface area contributed by atoms with Gasteiger partial charge in [-0.1, -0.05) is 0 Å². The van der Waals surface area contributed by atoms with Gasteiger partial charge < -0.3 is 9.72 Å². The fourth-order valence-electron chi connectivity index (χ4n) is 1.36. The molecule has 4 nitrogen and oxygen atoms in total. The van der Waals surface area contributed by atoms with Crippen LogP contribution in [0.15, 0.2) is 29.8 Å². The molecule has 0 amide bonds. The number of aromatic nitrogens is 1. The van der Waals surface area contributed by atoms with Crippen LogP contribution >= 0.6 is 11.3 Å². The Labute approximate surface area is 102 Å². The Bertz CT molecular complexity index is 528. The molecule has 0 fully saturated rings. The quantitative estimate of drug-likeness (QED) is 0.668. The van der Waals surface area contributed by atoms with Crippen molar-refractivity contribution in [3.8, 4) is 0 Å². The molecule has 0 saturated carbocycles. The smallest absolute Gasteiger partial charge is 0.349 e. The normalized spacial score (nSPS) is 10.2. The highest BCUT2D eigenvalue weighted by Crippen LogP contribution is 2.16. The zero-order chi connectivity index (χ0) is 12.3. The molecule has 2 aromatic rings. The Morgan fingerprint density at radius 2 is 2.24 bits per heavy atom. The molecule has 0 unspecified atom stereocenters. The van der Waals surface area contributed by atoms with Gasteiger partial charge in [-0.25, -0.2) is 4.79 Å². The summed E-state index contributed by atoms with van der Waals surface area (Å²) in [6, 6.07) is 5.21. The maximum absolute atomic E-state index is 11.6. The van der Waals surface area contributed by atoms with Gasteiger partial charge in [0.25, 0.3) is 0 Å². The highest BCUT2D eigenvalue weighted by atomic mass is 32.1. The highest BCUT2D eigenvalue weighted by Gasteiger charge is 2.14. The molecule has 0 saturated heterocycles. The van der Waals surface area contributed by atoms with Crippen LogP contribution in [0.4, 0.5) is 0 Å². The Morgan fingerprint density at radius 3 is 2.82 bits per heavy atom.